The van der Waals surface area contributed by atoms with Crippen molar-refractivity contribution in [2.75, 3.05) is 24.5 Å². The monoisotopic (exact) mass is 659 g/mol. The van der Waals surface area contributed by atoms with Crippen LogP contribution in [0.3, 0.4) is 0 Å². The molecule has 0 fully saturated rings. The first kappa shape index (κ1) is 35.2. The molecule has 4 rings (SSSR count). The second-order valence-electron chi connectivity index (χ2n) is 12.0. The number of amides is 2. The Morgan fingerprint density at radius 2 is 1.49 bits per heavy atom. The van der Waals surface area contributed by atoms with Crippen molar-refractivity contribution in [3.8, 4) is 5.75 Å². The predicted octanol–water partition coefficient (Wildman–Crippen LogP) is 6.06. The average Bonchev–Trinajstić information content (AvgIpc) is 3.05. The standard InChI is InChI=1S/C37H42FN3O5S/c1-26(2)23-39-37(43)34(22-29-9-7-6-8-10-29)40(24-30-14-16-31(38)17-15-30)36(42)25-41(33-21-28(4)13-20-35(33)46-5)47(44,45)32-18-11-27(3)12-19-32/h6-21,26,34H,22-25H2,1-5H3,(H,39,43)/t34-/m1/s1. The highest BCUT2D eigenvalue weighted by atomic mass is 32.2. The Labute approximate surface area is 277 Å². The van der Waals surface area contributed by atoms with Crippen LogP contribution in [-0.2, 0) is 32.6 Å². The van der Waals surface area contributed by atoms with Crippen LogP contribution in [0.2, 0.25) is 0 Å². The third-order valence-corrected chi connectivity index (χ3v) is 9.49. The first-order valence-corrected chi connectivity index (χ1v) is 16.9. The van der Waals surface area contributed by atoms with Crippen LogP contribution in [0.1, 0.15) is 36.1 Å². The van der Waals surface area contributed by atoms with E-state index in [0.29, 0.717) is 12.1 Å². The lowest BCUT2D eigenvalue weighted by Crippen LogP contribution is -2.53. The molecule has 0 aliphatic rings. The number of hydrogen-bond acceptors (Lipinski definition) is 5. The number of anilines is 1. The number of benzene rings is 4. The third kappa shape index (κ3) is 9.19. The lowest BCUT2D eigenvalue weighted by molar-refractivity contribution is -0.140. The lowest BCUT2D eigenvalue weighted by atomic mass is 10.0. The molecule has 0 spiro atoms. The van der Waals surface area contributed by atoms with Gasteiger partial charge in [-0.05, 0) is 72.9 Å². The van der Waals surface area contributed by atoms with Gasteiger partial charge in [-0.3, -0.25) is 13.9 Å². The summed E-state index contributed by atoms with van der Waals surface area (Å²) in [5.41, 5.74) is 3.22. The second kappa shape index (κ2) is 15.7. The Morgan fingerprint density at radius 3 is 2.11 bits per heavy atom. The van der Waals surface area contributed by atoms with Crippen molar-refractivity contribution in [3.63, 3.8) is 0 Å². The molecule has 4 aromatic carbocycles. The van der Waals surface area contributed by atoms with E-state index in [2.05, 4.69) is 5.32 Å². The fraction of sp³-hybridized carbons (Fsp3) is 0.297. The van der Waals surface area contributed by atoms with E-state index in [9.17, 15) is 22.4 Å². The van der Waals surface area contributed by atoms with E-state index in [1.807, 2.05) is 58.0 Å². The van der Waals surface area contributed by atoms with Crippen molar-refractivity contribution >= 4 is 27.5 Å². The number of carbonyl (C=O) groups excluding carboxylic acids is 2. The van der Waals surface area contributed by atoms with Crippen LogP contribution in [0.4, 0.5) is 10.1 Å². The molecule has 248 valence electrons. The summed E-state index contributed by atoms with van der Waals surface area (Å²) >= 11 is 0. The van der Waals surface area contributed by atoms with Gasteiger partial charge in [0, 0.05) is 19.5 Å². The number of sulfonamides is 1. The van der Waals surface area contributed by atoms with E-state index in [1.54, 1.807) is 42.5 Å². The van der Waals surface area contributed by atoms with Crippen molar-refractivity contribution in [2.24, 2.45) is 5.92 Å². The van der Waals surface area contributed by atoms with Crippen molar-refractivity contribution in [1.82, 2.24) is 10.2 Å². The number of nitrogens with zero attached hydrogens (tertiary/aromatic N) is 2. The van der Waals surface area contributed by atoms with Gasteiger partial charge >= 0.3 is 0 Å². The first-order valence-electron chi connectivity index (χ1n) is 15.5. The van der Waals surface area contributed by atoms with Gasteiger partial charge in [-0.1, -0.05) is 80.1 Å². The Balaban J connectivity index is 1.84. The van der Waals surface area contributed by atoms with Crippen molar-refractivity contribution in [2.45, 2.75) is 51.6 Å². The van der Waals surface area contributed by atoms with Crippen LogP contribution in [0.5, 0.6) is 5.75 Å². The normalized spacial score (nSPS) is 12.0. The van der Waals surface area contributed by atoms with Gasteiger partial charge in [-0.2, -0.15) is 0 Å². The average molecular weight is 660 g/mol. The zero-order valence-corrected chi connectivity index (χ0v) is 28.3. The van der Waals surface area contributed by atoms with E-state index < -0.39 is 34.3 Å². The van der Waals surface area contributed by atoms with Gasteiger partial charge in [0.2, 0.25) is 11.8 Å². The van der Waals surface area contributed by atoms with Crippen LogP contribution in [0.15, 0.2) is 102 Å². The Kier molecular flexibility index (Phi) is 11.8. The van der Waals surface area contributed by atoms with E-state index >= 15 is 0 Å². The summed E-state index contributed by atoms with van der Waals surface area (Å²) in [6, 6.07) is 25.4. The molecule has 0 aliphatic heterocycles. The largest absolute Gasteiger partial charge is 0.495 e. The SMILES string of the molecule is COc1ccc(C)cc1N(CC(=O)N(Cc1ccc(F)cc1)[C@H](Cc1ccccc1)C(=O)NCC(C)C)S(=O)(=O)c1ccc(C)cc1. The van der Waals surface area contributed by atoms with Gasteiger partial charge in [-0.25, -0.2) is 12.8 Å². The highest BCUT2D eigenvalue weighted by molar-refractivity contribution is 7.92. The van der Waals surface area contributed by atoms with Crippen LogP contribution < -0.4 is 14.4 Å². The summed E-state index contributed by atoms with van der Waals surface area (Å²) in [5.74, 6) is -1.02. The van der Waals surface area contributed by atoms with Gasteiger partial charge in [-0.15, -0.1) is 0 Å². The lowest BCUT2D eigenvalue weighted by Gasteiger charge is -2.34. The topological polar surface area (TPSA) is 96.0 Å². The molecule has 0 bridgehead atoms. The molecule has 47 heavy (non-hydrogen) atoms. The van der Waals surface area contributed by atoms with Crippen LogP contribution in [0.25, 0.3) is 0 Å². The predicted molar refractivity (Wildman–Crippen MR) is 182 cm³/mol. The summed E-state index contributed by atoms with van der Waals surface area (Å²) in [5, 5.41) is 2.96. The summed E-state index contributed by atoms with van der Waals surface area (Å²) < 4.78 is 49.1. The molecule has 0 saturated heterocycles. The fourth-order valence-electron chi connectivity index (χ4n) is 5.11. The highest BCUT2D eigenvalue weighted by Crippen LogP contribution is 2.34. The van der Waals surface area contributed by atoms with Gasteiger partial charge in [0.1, 0.15) is 24.2 Å². The number of carbonyl (C=O) groups is 2. The number of hydrogen-bond donors (Lipinski definition) is 1. The van der Waals surface area contributed by atoms with Crippen molar-refractivity contribution in [1.29, 1.82) is 0 Å². The second-order valence-corrected chi connectivity index (χ2v) is 13.9. The molecule has 0 saturated carbocycles. The molecule has 0 heterocycles. The zero-order valence-electron chi connectivity index (χ0n) is 27.4. The minimum Gasteiger partial charge on any atom is -0.495 e. The quantitative estimate of drug-likeness (QED) is 0.178. The molecule has 0 aromatic heterocycles. The molecule has 2 amide bonds. The molecule has 0 aliphatic carbocycles. The van der Waals surface area contributed by atoms with Gasteiger partial charge in [0.15, 0.2) is 0 Å². The number of nitrogens with one attached hydrogen (secondary N) is 1. The minimum atomic E-state index is -4.30. The van der Waals surface area contributed by atoms with Crippen LogP contribution in [0, 0.1) is 25.6 Å². The van der Waals surface area contributed by atoms with Crippen LogP contribution in [-0.4, -0.2) is 51.4 Å². The summed E-state index contributed by atoms with van der Waals surface area (Å²) in [6.45, 7) is 7.31. The summed E-state index contributed by atoms with van der Waals surface area (Å²) in [4.78, 5) is 29.9. The number of halogens is 1. The van der Waals surface area contributed by atoms with Crippen molar-refractivity contribution in [3.05, 3.63) is 125 Å². The number of rotatable bonds is 14. The van der Waals surface area contributed by atoms with E-state index in [1.165, 1.54) is 36.3 Å². The zero-order chi connectivity index (χ0) is 34.1. The number of aryl methyl sites for hydroxylation is 2. The van der Waals surface area contributed by atoms with Crippen LogP contribution >= 0.6 is 0 Å². The van der Waals surface area contributed by atoms with Gasteiger partial charge in [0.25, 0.3) is 10.0 Å². The van der Waals surface area contributed by atoms with E-state index in [-0.39, 0.29) is 41.1 Å². The molecule has 4 aromatic rings. The molecular weight excluding hydrogens is 617 g/mol. The number of methoxy groups -OCH3 is 1. The molecule has 1 atom stereocenters. The van der Waals surface area contributed by atoms with E-state index in [4.69, 9.17) is 4.74 Å². The smallest absolute Gasteiger partial charge is 0.264 e. The molecule has 1 N–H and O–H groups in total. The Bertz CT molecular complexity index is 1760. The number of ether oxygens (including phenoxy) is 1. The Hall–Kier alpha value is -4.70. The molecule has 0 radical (unpaired) electrons. The molecule has 8 nitrogen and oxygen atoms in total. The summed E-state index contributed by atoms with van der Waals surface area (Å²) in [6.07, 6.45) is 0.177. The third-order valence-electron chi connectivity index (χ3n) is 7.71. The molecular formula is C37H42FN3O5S. The van der Waals surface area contributed by atoms with E-state index in [0.717, 1.165) is 21.0 Å². The van der Waals surface area contributed by atoms with Gasteiger partial charge < -0.3 is 15.0 Å². The minimum absolute atomic E-state index is 0.0000516. The molecule has 10 heteroatoms. The maximum absolute atomic E-state index is 14.6. The van der Waals surface area contributed by atoms with Crippen molar-refractivity contribution < 1.29 is 27.1 Å². The highest BCUT2D eigenvalue weighted by Gasteiger charge is 2.35. The maximum atomic E-state index is 14.6. The van der Waals surface area contributed by atoms with Gasteiger partial charge in [0.05, 0.1) is 17.7 Å². The fourth-order valence-corrected chi connectivity index (χ4v) is 6.53. The Morgan fingerprint density at radius 1 is 0.851 bits per heavy atom. The first-order chi connectivity index (χ1) is 22.4. The molecule has 0 unspecified atom stereocenters. The summed E-state index contributed by atoms with van der Waals surface area (Å²) in [7, 11) is -2.86. The maximum Gasteiger partial charge on any atom is 0.264 e.